The summed E-state index contributed by atoms with van der Waals surface area (Å²) in [5.41, 5.74) is 0.819. The van der Waals surface area contributed by atoms with Crippen LogP contribution in [0, 0.1) is 5.92 Å². The SMILES string of the molecule is CC(C)CCC(=O)N1CCN(C(=O)Cc2csc(-c3cc(Br)cs3)n2)CC1. The van der Waals surface area contributed by atoms with Gasteiger partial charge in [0.05, 0.1) is 17.0 Å². The maximum Gasteiger partial charge on any atom is 0.228 e. The highest BCUT2D eigenvalue weighted by molar-refractivity contribution is 9.10. The van der Waals surface area contributed by atoms with Crippen molar-refractivity contribution in [2.75, 3.05) is 26.2 Å². The second-order valence-electron chi connectivity index (χ2n) is 7.14. The van der Waals surface area contributed by atoms with Crippen molar-refractivity contribution < 1.29 is 9.59 Å². The first-order valence-electron chi connectivity index (χ1n) is 9.16. The van der Waals surface area contributed by atoms with Crippen LogP contribution in [0.4, 0.5) is 0 Å². The second-order valence-corrected chi connectivity index (χ2v) is 9.83. The van der Waals surface area contributed by atoms with E-state index in [4.69, 9.17) is 0 Å². The fourth-order valence-corrected chi connectivity index (χ4v) is 5.30. The lowest BCUT2D eigenvalue weighted by molar-refractivity contribution is -0.139. The van der Waals surface area contributed by atoms with E-state index in [1.165, 1.54) is 0 Å². The molecule has 0 unspecified atom stereocenters. The number of rotatable bonds is 6. The van der Waals surface area contributed by atoms with Crippen molar-refractivity contribution in [3.05, 3.63) is 27.0 Å². The Morgan fingerprint density at radius 3 is 2.37 bits per heavy atom. The van der Waals surface area contributed by atoms with Gasteiger partial charge in [-0.05, 0) is 34.3 Å². The van der Waals surface area contributed by atoms with Crippen LogP contribution in [-0.2, 0) is 16.0 Å². The molecule has 146 valence electrons. The van der Waals surface area contributed by atoms with E-state index in [0.29, 0.717) is 44.9 Å². The molecule has 1 fully saturated rings. The molecule has 1 aliphatic heterocycles. The Hall–Kier alpha value is -1.25. The van der Waals surface area contributed by atoms with Crippen LogP contribution < -0.4 is 0 Å². The van der Waals surface area contributed by atoms with Crippen LogP contribution in [0.15, 0.2) is 21.3 Å². The minimum absolute atomic E-state index is 0.0912. The number of thiophene rings is 1. The Kier molecular flexibility index (Phi) is 7.05. The average molecular weight is 470 g/mol. The molecule has 0 radical (unpaired) electrons. The zero-order chi connectivity index (χ0) is 19.4. The van der Waals surface area contributed by atoms with E-state index >= 15 is 0 Å². The molecule has 0 saturated carbocycles. The third-order valence-electron chi connectivity index (χ3n) is 4.58. The average Bonchev–Trinajstić information content (AvgIpc) is 3.28. The van der Waals surface area contributed by atoms with Gasteiger partial charge in [0.25, 0.3) is 0 Å². The molecule has 1 saturated heterocycles. The molecule has 2 amide bonds. The normalized spacial score (nSPS) is 14.8. The third-order valence-corrected chi connectivity index (χ3v) is 7.33. The summed E-state index contributed by atoms with van der Waals surface area (Å²) in [6.07, 6.45) is 1.85. The number of nitrogens with zero attached hydrogens (tertiary/aromatic N) is 3. The minimum atomic E-state index is 0.0912. The fraction of sp³-hybridized carbons (Fsp3) is 0.526. The van der Waals surface area contributed by atoms with Crippen LogP contribution >= 0.6 is 38.6 Å². The standard InChI is InChI=1S/C19H24BrN3O2S2/c1-13(2)3-4-17(24)22-5-7-23(8-6-22)18(25)10-15-12-27-19(21-15)16-9-14(20)11-26-16/h9,11-13H,3-8,10H2,1-2H3. The summed E-state index contributed by atoms with van der Waals surface area (Å²) in [5.74, 6) is 0.839. The maximum absolute atomic E-state index is 12.6. The van der Waals surface area contributed by atoms with E-state index in [2.05, 4.69) is 34.8 Å². The van der Waals surface area contributed by atoms with Gasteiger partial charge in [-0.3, -0.25) is 9.59 Å². The Bertz CT molecular complexity index is 794. The molecule has 5 nitrogen and oxygen atoms in total. The summed E-state index contributed by atoms with van der Waals surface area (Å²) < 4.78 is 1.05. The van der Waals surface area contributed by atoms with Gasteiger partial charge in [0, 0.05) is 47.8 Å². The van der Waals surface area contributed by atoms with E-state index in [-0.39, 0.29) is 11.8 Å². The molecule has 0 N–H and O–H groups in total. The molecular weight excluding hydrogens is 446 g/mol. The predicted octanol–water partition coefficient (Wildman–Crippen LogP) is 4.28. The van der Waals surface area contributed by atoms with E-state index in [9.17, 15) is 9.59 Å². The van der Waals surface area contributed by atoms with Crippen LogP contribution in [0.1, 0.15) is 32.4 Å². The van der Waals surface area contributed by atoms with Gasteiger partial charge in [-0.15, -0.1) is 22.7 Å². The first-order chi connectivity index (χ1) is 12.9. The largest absolute Gasteiger partial charge is 0.339 e. The monoisotopic (exact) mass is 469 g/mol. The molecule has 0 spiro atoms. The molecule has 0 aromatic carbocycles. The summed E-state index contributed by atoms with van der Waals surface area (Å²) in [6, 6.07) is 2.05. The zero-order valence-corrected chi connectivity index (χ0v) is 18.8. The van der Waals surface area contributed by atoms with Crippen molar-refractivity contribution >= 4 is 50.4 Å². The van der Waals surface area contributed by atoms with Crippen LogP contribution in [0.2, 0.25) is 0 Å². The van der Waals surface area contributed by atoms with Gasteiger partial charge >= 0.3 is 0 Å². The molecule has 0 atom stereocenters. The lowest BCUT2D eigenvalue weighted by atomic mass is 10.1. The first-order valence-corrected chi connectivity index (χ1v) is 11.7. The highest BCUT2D eigenvalue weighted by Crippen LogP contribution is 2.32. The zero-order valence-electron chi connectivity index (χ0n) is 15.6. The van der Waals surface area contributed by atoms with Gasteiger partial charge in [-0.2, -0.15) is 0 Å². The van der Waals surface area contributed by atoms with Crippen molar-refractivity contribution in [2.24, 2.45) is 5.92 Å². The molecule has 27 heavy (non-hydrogen) atoms. The highest BCUT2D eigenvalue weighted by atomic mass is 79.9. The Labute approximate surface area is 176 Å². The van der Waals surface area contributed by atoms with E-state index < -0.39 is 0 Å². The van der Waals surface area contributed by atoms with Crippen molar-refractivity contribution in [1.82, 2.24) is 14.8 Å². The molecule has 1 aliphatic rings. The van der Waals surface area contributed by atoms with Gasteiger partial charge in [-0.1, -0.05) is 13.8 Å². The van der Waals surface area contributed by atoms with Crippen molar-refractivity contribution in [1.29, 1.82) is 0 Å². The summed E-state index contributed by atoms with van der Waals surface area (Å²) >= 11 is 6.67. The molecular formula is C19H24BrN3O2S2. The maximum atomic E-state index is 12.6. The molecule has 3 rings (SSSR count). The van der Waals surface area contributed by atoms with Crippen molar-refractivity contribution in [3.8, 4) is 9.88 Å². The summed E-state index contributed by atoms with van der Waals surface area (Å²) in [6.45, 7) is 6.75. The Balaban J connectivity index is 1.48. The summed E-state index contributed by atoms with van der Waals surface area (Å²) in [4.78, 5) is 34.3. The number of carbonyl (C=O) groups excluding carboxylic acids is 2. The summed E-state index contributed by atoms with van der Waals surface area (Å²) in [7, 11) is 0. The van der Waals surface area contributed by atoms with Crippen LogP contribution in [0.25, 0.3) is 9.88 Å². The Morgan fingerprint density at radius 1 is 1.11 bits per heavy atom. The highest BCUT2D eigenvalue weighted by Gasteiger charge is 2.24. The number of amides is 2. The van der Waals surface area contributed by atoms with E-state index in [0.717, 1.165) is 26.5 Å². The molecule has 0 bridgehead atoms. The molecule has 8 heteroatoms. The molecule has 3 heterocycles. The van der Waals surface area contributed by atoms with Crippen LogP contribution in [0.5, 0.6) is 0 Å². The van der Waals surface area contributed by atoms with Crippen molar-refractivity contribution in [3.63, 3.8) is 0 Å². The lowest BCUT2D eigenvalue weighted by Gasteiger charge is -2.35. The molecule has 0 aliphatic carbocycles. The Morgan fingerprint density at radius 2 is 1.78 bits per heavy atom. The second kappa shape index (κ2) is 9.30. The van der Waals surface area contributed by atoms with Gasteiger partial charge in [-0.25, -0.2) is 4.98 Å². The number of carbonyl (C=O) groups is 2. The van der Waals surface area contributed by atoms with Gasteiger partial charge in [0.2, 0.25) is 11.8 Å². The predicted molar refractivity (Wildman–Crippen MR) is 114 cm³/mol. The third kappa shape index (κ3) is 5.62. The van der Waals surface area contributed by atoms with Gasteiger partial charge in [0.15, 0.2) is 0 Å². The number of aromatic nitrogens is 1. The minimum Gasteiger partial charge on any atom is -0.339 e. The van der Waals surface area contributed by atoms with Crippen molar-refractivity contribution in [2.45, 2.75) is 33.1 Å². The summed E-state index contributed by atoms with van der Waals surface area (Å²) in [5, 5.41) is 4.95. The topological polar surface area (TPSA) is 53.5 Å². The van der Waals surface area contributed by atoms with Crippen LogP contribution in [-0.4, -0.2) is 52.8 Å². The number of halogens is 1. The van der Waals surface area contributed by atoms with Gasteiger partial charge in [0.1, 0.15) is 5.01 Å². The van der Waals surface area contributed by atoms with E-state index in [1.807, 2.05) is 26.6 Å². The number of thiazole rings is 1. The fourth-order valence-electron chi connectivity index (χ4n) is 2.97. The first kappa shape index (κ1) is 20.5. The number of hydrogen-bond donors (Lipinski definition) is 0. The lowest BCUT2D eigenvalue weighted by Crippen LogP contribution is -2.51. The molecule has 2 aromatic heterocycles. The smallest absolute Gasteiger partial charge is 0.228 e. The number of hydrogen-bond acceptors (Lipinski definition) is 5. The van der Waals surface area contributed by atoms with Gasteiger partial charge < -0.3 is 9.80 Å². The quantitative estimate of drug-likeness (QED) is 0.633. The van der Waals surface area contributed by atoms with E-state index in [1.54, 1.807) is 22.7 Å². The number of piperazine rings is 1. The molecule has 2 aromatic rings. The van der Waals surface area contributed by atoms with Crippen LogP contribution in [0.3, 0.4) is 0 Å².